The smallest absolute Gasteiger partial charge is 0.124 e. The number of imidazole rings is 1. The van der Waals surface area contributed by atoms with Crippen molar-refractivity contribution in [1.29, 1.82) is 0 Å². The molecule has 4 heteroatoms. The molecule has 0 aliphatic carbocycles. The molecule has 0 aliphatic heterocycles. The van der Waals surface area contributed by atoms with Crippen LogP contribution in [0.2, 0.25) is 0 Å². The second-order valence-electron chi connectivity index (χ2n) is 1.79. The van der Waals surface area contributed by atoms with Crippen molar-refractivity contribution in [3.8, 4) is 0 Å². The highest BCUT2D eigenvalue weighted by Gasteiger charge is 1.96. The highest BCUT2D eigenvalue weighted by Crippen LogP contribution is 1.91. The molecule has 9 heavy (non-hydrogen) atoms. The van der Waals surface area contributed by atoms with E-state index in [4.69, 9.17) is 5.73 Å². The number of nitrogens with zero attached hydrogens (tertiary/aromatic N) is 2. The molecule has 2 N–H and O–H groups in total. The zero-order chi connectivity index (χ0) is 6.85. The third-order valence-electron chi connectivity index (χ3n) is 0.957. The van der Waals surface area contributed by atoms with E-state index >= 15 is 0 Å². The molecule has 1 aromatic rings. The zero-order valence-corrected chi connectivity index (χ0v) is 5.85. The van der Waals surface area contributed by atoms with Crippen LogP contribution >= 0.6 is 12.2 Å². The monoisotopic (exact) mass is 141 g/mol. The molecule has 48 valence electrons. The summed E-state index contributed by atoms with van der Waals surface area (Å²) in [7, 11) is 1.87. The standard InChI is InChI=1S/C5H7N3S/c1-8-2-4(5(6)9)7-3-8/h2-3H,1H3,(H2,6,9). The lowest BCUT2D eigenvalue weighted by Crippen LogP contribution is -2.09. The fourth-order valence-electron chi connectivity index (χ4n) is 0.540. The molecule has 3 nitrogen and oxygen atoms in total. The maximum Gasteiger partial charge on any atom is 0.124 e. The van der Waals surface area contributed by atoms with Gasteiger partial charge < -0.3 is 10.3 Å². The quantitative estimate of drug-likeness (QED) is 0.562. The number of aryl methyl sites for hydroxylation is 1. The molecule has 1 aromatic heterocycles. The molecule has 0 spiro atoms. The maximum atomic E-state index is 5.28. The SMILES string of the molecule is Cn1cnc(C(N)=S)c1. The van der Waals surface area contributed by atoms with Gasteiger partial charge >= 0.3 is 0 Å². The molecule has 0 bridgehead atoms. The van der Waals surface area contributed by atoms with Gasteiger partial charge in [-0.25, -0.2) is 4.98 Å². The number of hydrogen-bond donors (Lipinski definition) is 1. The number of thiocarbonyl (C=S) groups is 1. The predicted octanol–water partition coefficient (Wildman–Crippen LogP) is 0.0543. The van der Waals surface area contributed by atoms with E-state index in [0.29, 0.717) is 10.7 Å². The predicted molar refractivity (Wildman–Crippen MR) is 39.1 cm³/mol. The molecule has 1 rings (SSSR count). The normalized spacial score (nSPS) is 9.44. The maximum absolute atomic E-state index is 5.28. The van der Waals surface area contributed by atoms with Gasteiger partial charge in [0.15, 0.2) is 0 Å². The second-order valence-corrected chi connectivity index (χ2v) is 2.23. The van der Waals surface area contributed by atoms with Crippen LogP contribution in [0.4, 0.5) is 0 Å². The minimum atomic E-state index is 0.343. The van der Waals surface area contributed by atoms with E-state index in [1.54, 1.807) is 17.1 Å². The summed E-state index contributed by atoms with van der Waals surface area (Å²) in [6, 6.07) is 0. The van der Waals surface area contributed by atoms with Crippen molar-refractivity contribution in [3.05, 3.63) is 18.2 Å². The lowest BCUT2D eigenvalue weighted by atomic mass is 10.5. The second kappa shape index (κ2) is 2.14. The van der Waals surface area contributed by atoms with Gasteiger partial charge in [-0.05, 0) is 0 Å². The average Bonchev–Trinajstić information content (AvgIpc) is 2.14. The van der Waals surface area contributed by atoms with Crippen molar-refractivity contribution in [2.75, 3.05) is 0 Å². The molecule has 0 atom stereocenters. The Labute approximate surface area is 58.5 Å². The summed E-state index contributed by atoms with van der Waals surface area (Å²) in [6.45, 7) is 0. The van der Waals surface area contributed by atoms with Crippen molar-refractivity contribution in [2.45, 2.75) is 0 Å². The first kappa shape index (κ1) is 6.22. The molecular formula is C5H7N3S. The van der Waals surface area contributed by atoms with E-state index < -0.39 is 0 Å². The van der Waals surface area contributed by atoms with Gasteiger partial charge in [0, 0.05) is 13.2 Å². The summed E-state index contributed by atoms with van der Waals surface area (Å²) in [5, 5.41) is 0. The van der Waals surface area contributed by atoms with Crippen molar-refractivity contribution < 1.29 is 0 Å². The van der Waals surface area contributed by atoms with Crippen molar-refractivity contribution in [2.24, 2.45) is 12.8 Å². The van der Waals surface area contributed by atoms with Crippen LogP contribution < -0.4 is 5.73 Å². The van der Waals surface area contributed by atoms with E-state index in [2.05, 4.69) is 17.2 Å². The van der Waals surface area contributed by atoms with Crippen LogP contribution in [0.5, 0.6) is 0 Å². The van der Waals surface area contributed by atoms with E-state index in [0.717, 1.165) is 0 Å². The van der Waals surface area contributed by atoms with Crippen molar-refractivity contribution in [3.63, 3.8) is 0 Å². The first-order valence-electron chi connectivity index (χ1n) is 2.48. The van der Waals surface area contributed by atoms with Crippen LogP contribution in [0.3, 0.4) is 0 Å². The van der Waals surface area contributed by atoms with E-state index in [1.807, 2.05) is 7.05 Å². The van der Waals surface area contributed by atoms with Gasteiger partial charge in [0.1, 0.15) is 10.7 Å². The van der Waals surface area contributed by atoms with Crippen molar-refractivity contribution >= 4 is 17.2 Å². The van der Waals surface area contributed by atoms with Crippen LogP contribution in [-0.4, -0.2) is 14.5 Å². The molecular weight excluding hydrogens is 134 g/mol. The summed E-state index contributed by atoms with van der Waals surface area (Å²) in [5.41, 5.74) is 5.96. The topological polar surface area (TPSA) is 43.8 Å². The highest BCUT2D eigenvalue weighted by molar-refractivity contribution is 7.80. The Morgan fingerprint density at radius 2 is 2.56 bits per heavy atom. The van der Waals surface area contributed by atoms with Crippen LogP contribution in [0.25, 0.3) is 0 Å². The van der Waals surface area contributed by atoms with Crippen LogP contribution in [0.1, 0.15) is 5.69 Å². The van der Waals surface area contributed by atoms with Gasteiger partial charge in [0.05, 0.1) is 6.33 Å². The minimum absolute atomic E-state index is 0.343. The van der Waals surface area contributed by atoms with Gasteiger partial charge in [-0.3, -0.25) is 0 Å². The lowest BCUT2D eigenvalue weighted by Gasteiger charge is -1.85. The van der Waals surface area contributed by atoms with E-state index in [-0.39, 0.29) is 0 Å². The lowest BCUT2D eigenvalue weighted by molar-refractivity contribution is 0.913. The van der Waals surface area contributed by atoms with Gasteiger partial charge in [0.2, 0.25) is 0 Å². The fourth-order valence-corrected chi connectivity index (χ4v) is 0.645. The molecule has 0 aliphatic rings. The molecule has 0 aromatic carbocycles. The number of hydrogen-bond acceptors (Lipinski definition) is 2. The van der Waals surface area contributed by atoms with Crippen LogP contribution in [-0.2, 0) is 7.05 Å². The van der Waals surface area contributed by atoms with Crippen LogP contribution in [0, 0.1) is 0 Å². The fraction of sp³-hybridized carbons (Fsp3) is 0.200. The summed E-state index contributed by atoms with van der Waals surface area (Å²) in [5.74, 6) is 0. The zero-order valence-electron chi connectivity index (χ0n) is 5.03. The third-order valence-corrected chi connectivity index (χ3v) is 1.17. The molecule has 0 unspecified atom stereocenters. The minimum Gasteiger partial charge on any atom is -0.388 e. The first-order valence-corrected chi connectivity index (χ1v) is 2.89. The first-order chi connectivity index (χ1) is 4.20. The Morgan fingerprint density at radius 3 is 2.78 bits per heavy atom. The summed E-state index contributed by atoms with van der Waals surface area (Å²) < 4.78 is 1.80. The molecule has 0 fully saturated rings. The van der Waals surface area contributed by atoms with Gasteiger partial charge in [-0.2, -0.15) is 0 Å². The van der Waals surface area contributed by atoms with Gasteiger partial charge in [0.25, 0.3) is 0 Å². The average molecular weight is 141 g/mol. The Kier molecular flexibility index (Phi) is 1.48. The Morgan fingerprint density at radius 1 is 1.89 bits per heavy atom. The molecule has 0 saturated carbocycles. The number of rotatable bonds is 1. The third kappa shape index (κ3) is 1.26. The number of nitrogens with two attached hydrogens (primary N) is 1. The number of aromatic nitrogens is 2. The summed E-state index contributed by atoms with van der Waals surface area (Å²) in [6.07, 6.45) is 3.44. The highest BCUT2D eigenvalue weighted by atomic mass is 32.1. The Bertz CT molecular complexity index is 228. The molecule has 1 heterocycles. The van der Waals surface area contributed by atoms with E-state index in [9.17, 15) is 0 Å². The van der Waals surface area contributed by atoms with Crippen LogP contribution in [0.15, 0.2) is 12.5 Å². The Balaban J connectivity index is 2.98. The molecule has 0 amide bonds. The molecule has 0 saturated heterocycles. The molecule has 0 radical (unpaired) electrons. The largest absolute Gasteiger partial charge is 0.388 e. The van der Waals surface area contributed by atoms with Gasteiger partial charge in [-0.1, -0.05) is 12.2 Å². The van der Waals surface area contributed by atoms with Gasteiger partial charge in [-0.15, -0.1) is 0 Å². The van der Waals surface area contributed by atoms with E-state index in [1.165, 1.54) is 0 Å². The van der Waals surface area contributed by atoms with Crippen molar-refractivity contribution in [1.82, 2.24) is 9.55 Å². The summed E-state index contributed by atoms with van der Waals surface area (Å²) >= 11 is 4.68. The summed E-state index contributed by atoms with van der Waals surface area (Å²) in [4.78, 5) is 4.26. The Hall–Kier alpha value is -0.900.